The number of rotatable bonds is 3. The van der Waals surface area contributed by atoms with Crippen molar-refractivity contribution in [3.05, 3.63) is 55.1 Å². The molecule has 0 bridgehead atoms. The maximum absolute atomic E-state index is 13.5. The maximum atomic E-state index is 13.5. The van der Waals surface area contributed by atoms with Gasteiger partial charge in [0.1, 0.15) is 5.82 Å². The first-order valence-electron chi connectivity index (χ1n) is 5.34. The molecule has 0 heterocycles. The second-order valence-corrected chi connectivity index (χ2v) is 8.05. The fourth-order valence-electron chi connectivity index (χ4n) is 1.45. The predicted octanol–water partition coefficient (Wildman–Crippen LogP) is 5.46. The SMILES string of the molecule is O=S(=O)(Nc1ccc(Br)c(Cl)c1Cl)c1ccc(Br)c(F)c1. The number of hydrogen-bond donors (Lipinski definition) is 1. The molecule has 0 amide bonds. The van der Waals surface area contributed by atoms with E-state index in [-0.39, 0.29) is 25.1 Å². The van der Waals surface area contributed by atoms with Crippen LogP contribution in [-0.4, -0.2) is 8.42 Å². The third kappa shape index (κ3) is 3.71. The molecular formula is C12H6Br2Cl2FNO2S. The third-order valence-corrected chi connectivity index (χ3v) is 6.26. The van der Waals surface area contributed by atoms with Gasteiger partial charge >= 0.3 is 0 Å². The molecule has 0 spiro atoms. The molecule has 0 aromatic heterocycles. The van der Waals surface area contributed by atoms with Crippen molar-refractivity contribution in [2.24, 2.45) is 0 Å². The van der Waals surface area contributed by atoms with Crippen molar-refractivity contribution in [1.82, 2.24) is 0 Å². The van der Waals surface area contributed by atoms with Crippen LogP contribution in [0.3, 0.4) is 0 Å². The summed E-state index contributed by atoms with van der Waals surface area (Å²) >= 11 is 18.0. The van der Waals surface area contributed by atoms with Gasteiger partial charge in [0.25, 0.3) is 10.0 Å². The first kappa shape index (κ1) is 17.0. The Morgan fingerprint density at radius 1 is 1.00 bits per heavy atom. The van der Waals surface area contributed by atoms with Crippen LogP contribution in [0.25, 0.3) is 0 Å². The van der Waals surface area contributed by atoms with Crippen LogP contribution in [0.5, 0.6) is 0 Å². The van der Waals surface area contributed by atoms with E-state index < -0.39 is 15.8 Å². The summed E-state index contributed by atoms with van der Waals surface area (Å²) in [6.45, 7) is 0. The van der Waals surface area contributed by atoms with Crippen molar-refractivity contribution >= 4 is 70.8 Å². The van der Waals surface area contributed by atoms with Crippen LogP contribution in [0.1, 0.15) is 0 Å². The van der Waals surface area contributed by atoms with E-state index in [1.54, 1.807) is 6.07 Å². The van der Waals surface area contributed by atoms with Gasteiger partial charge in [-0.25, -0.2) is 12.8 Å². The lowest BCUT2D eigenvalue weighted by Crippen LogP contribution is -2.13. The average molecular weight is 478 g/mol. The highest BCUT2D eigenvalue weighted by molar-refractivity contribution is 9.10. The van der Waals surface area contributed by atoms with Gasteiger partial charge in [-0.3, -0.25) is 4.72 Å². The van der Waals surface area contributed by atoms with Gasteiger partial charge in [-0.05, 0) is 62.2 Å². The van der Waals surface area contributed by atoms with Gasteiger partial charge in [0.15, 0.2) is 0 Å². The van der Waals surface area contributed by atoms with E-state index in [1.165, 1.54) is 18.2 Å². The lowest BCUT2D eigenvalue weighted by atomic mass is 10.3. The molecule has 9 heteroatoms. The quantitative estimate of drug-likeness (QED) is 0.597. The first-order valence-corrected chi connectivity index (χ1v) is 9.16. The first-order chi connectivity index (χ1) is 9.72. The maximum Gasteiger partial charge on any atom is 0.262 e. The van der Waals surface area contributed by atoms with Gasteiger partial charge in [-0.1, -0.05) is 23.2 Å². The monoisotopic (exact) mass is 475 g/mol. The van der Waals surface area contributed by atoms with E-state index in [0.717, 1.165) is 6.07 Å². The van der Waals surface area contributed by atoms with Crippen molar-refractivity contribution in [1.29, 1.82) is 0 Å². The van der Waals surface area contributed by atoms with Crippen LogP contribution in [0.4, 0.5) is 10.1 Å². The zero-order chi connectivity index (χ0) is 15.8. The molecule has 2 aromatic rings. The summed E-state index contributed by atoms with van der Waals surface area (Å²) in [6.07, 6.45) is 0. The average Bonchev–Trinajstić information content (AvgIpc) is 2.42. The molecule has 0 saturated carbocycles. The standard InChI is InChI=1S/C12H6Br2Cl2FNO2S/c13-7-2-1-6(5-9(7)17)21(19,20)18-10-4-3-8(14)11(15)12(10)16/h1-5,18H. The minimum Gasteiger partial charge on any atom is -0.278 e. The summed E-state index contributed by atoms with van der Waals surface area (Å²) in [5.41, 5.74) is 0.105. The van der Waals surface area contributed by atoms with Gasteiger partial charge in [0, 0.05) is 4.47 Å². The molecule has 3 nitrogen and oxygen atoms in total. The van der Waals surface area contributed by atoms with E-state index in [1.807, 2.05) is 0 Å². The summed E-state index contributed by atoms with van der Waals surface area (Å²) < 4.78 is 40.8. The summed E-state index contributed by atoms with van der Waals surface area (Å²) in [6, 6.07) is 6.48. The van der Waals surface area contributed by atoms with E-state index in [4.69, 9.17) is 23.2 Å². The molecule has 0 aliphatic carbocycles. The molecule has 0 saturated heterocycles. The van der Waals surface area contributed by atoms with Crippen LogP contribution in [-0.2, 0) is 10.0 Å². The summed E-state index contributed by atoms with van der Waals surface area (Å²) in [4.78, 5) is -0.224. The Hall–Kier alpha value is -0.340. The Morgan fingerprint density at radius 2 is 1.62 bits per heavy atom. The van der Waals surface area contributed by atoms with Crippen molar-refractivity contribution < 1.29 is 12.8 Å². The minimum absolute atomic E-state index is 0.0483. The van der Waals surface area contributed by atoms with Gasteiger partial charge < -0.3 is 0 Å². The smallest absolute Gasteiger partial charge is 0.262 e. The normalized spacial score (nSPS) is 11.5. The molecule has 2 rings (SSSR count). The van der Waals surface area contributed by atoms with Crippen molar-refractivity contribution in [2.45, 2.75) is 4.90 Å². The molecule has 1 N–H and O–H groups in total. The Bertz CT molecular complexity index is 815. The largest absolute Gasteiger partial charge is 0.278 e. The Morgan fingerprint density at radius 3 is 2.24 bits per heavy atom. The van der Waals surface area contributed by atoms with Crippen LogP contribution in [0.15, 0.2) is 44.2 Å². The van der Waals surface area contributed by atoms with Crippen LogP contribution in [0, 0.1) is 5.82 Å². The Balaban J connectivity index is 2.42. The molecule has 2 aromatic carbocycles. The minimum atomic E-state index is -3.97. The number of anilines is 1. The van der Waals surface area contributed by atoms with Crippen LogP contribution >= 0.6 is 55.1 Å². The molecule has 112 valence electrons. The number of benzene rings is 2. The van der Waals surface area contributed by atoms with Gasteiger partial charge in [0.2, 0.25) is 0 Å². The van der Waals surface area contributed by atoms with E-state index in [2.05, 4.69) is 36.6 Å². The number of sulfonamides is 1. The second-order valence-electron chi connectivity index (χ2n) is 3.90. The van der Waals surface area contributed by atoms with Crippen LogP contribution in [0.2, 0.25) is 10.0 Å². The third-order valence-electron chi connectivity index (χ3n) is 2.48. The number of hydrogen-bond acceptors (Lipinski definition) is 2. The number of halogens is 5. The van der Waals surface area contributed by atoms with E-state index in [0.29, 0.717) is 4.47 Å². The highest BCUT2D eigenvalue weighted by Gasteiger charge is 2.19. The highest BCUT2D eigenvalue weighted by Crippen LogP contribution is 2.36. The van der Waals surface area contributed by atoms with Crippen molar-refractivity contribution in [3.8, 4) is 0 Å². The molecular weight excluding hydrogens is 472 g/mol. The molecule has 0 fully saturated rings. The van der Waals surface area contributed by atoms with Crippen molar-refractivity contribution in [2.75, 3.05) is 4.72 Å². The highest BCUT2D eigenvalue weighted by atomic mass is 79.9. The molecule has 0 unspecified atom stereocenters. The fraction of sp³-hybridized carbons (Fsp3) is 0. The lowest BCUT2D eigenvalue weighted by Gasteiger charge is -2.11. The summed E-state index contributed by atoms with van der Waals surface area (Å²) in [5.74, 6) is -0.683. The van der Waals surface area contributed by atoms with Gasteiger partial charge in [0.05, 0.1) is 25.1 Å². The Kier molecular flexibility index (Phi) is 5.20. The second kappa shape index (κ2) is 6.42. The van der Waals surface area contributed by atoms with E-state index >= 15 is 0 Å². The predicted molar refractivity (Wildman–Crippen MR) is 89.1 cm³/mol. The molecule has 0 aliphatic rings. The topological polar surface area (TPSA) is 46.2 Å². The zero-order valence-electron chi connectivity index (χ0n) is 10.0. The Labute approximate surface area is 147 Å². The zero-order valence-corrected chi connectivity index (χ0v) is 15.5. The summed E-state index contributed by atoms with van der Waals surface area (Å²) in [7, 11) is -3.97. The molecule has 0 atom stereocenters. The van der Waals surface area contributed by atoms with E-state index in [9.17, 15) is 12.8 Å². The van der Waals surface area contributed by atoms with Crippen LogP contribution < -0.4 is 4.72 Å². The summed E-state index contributed by atoms with van der Waals surface area (Å²) in [5, 5.41) is 0.228. The lowest BCUT2D eigenvalue weighted by molar-refractivity contribution is 0.593. The molecule has 0 radical (unpaired) electrons. The van der Waals surface area contributed by atoms with Gasteiger partial charge in [-0.2, -0.15) is 0 Å². The van der Waals surface area contributed by atoms with Gasteiger partial charge in [-0.15, -0.1) is 0 Å². The number of nitrogens with one attached hydrogen (secondary N) is 1. The molecule has 0 aliphatic heterocycles. The molecule has 21 heavy (non-hydrogen) atoms. The fourth-order valence-corrected chi connectivity index (χ4v) is 3.66. The van der Waals surface area contributed by atoms with Crippen molar-refractivity contribution in [3.63, 3.8) is 0 Å².